The van der Waals surface area contributed by atoms with Crippen LogP contribution in [0.5, 0.6) is 0 Å². The molecule has 4 N–H and O–H groups in total. The van der Waals surface area contributed by atoms with Crippen LogP contribution < -0.4 is 16.6 Å². The molecule has 1 aliphatic rings. The molecule has 0 aliphatic heterocycles. The number of carbonyl (C=O) groups is 1. The molecule has 0 radical (unpaired) electrons. The molecule has 1 saturated carbocycles. The van der Waals surface area contributed by atoms with Crippen molar-refractivity contribution in [3.8, 4) is 0 Å². The number of hydrogen-bond donors (Lipinski definition) is 3. The average molecular weight is 227 g/mol. The number of nitrogens with two attached hydrogens (primary N) is 1. The highest BCUT2D eigenvalue weighted by Crippen LogP contribution is 2.21. The molecule has 0 aromatic heterocycles. The summed E-state index contributed by atoms with van der Waals surface area (Å²) in [6, 6.07) is 0.871. The maximum atomic E-state index is 10.3. The molecule has 0 bridgehead atoms. The second kappa shape index (κ2) is 7.19. The van der Waals surface area contributed by atoms with E-state index < -0.39 is 0 Å². The third-order valence-corrected chi connectivity index (χ3v) is 3.02. The molecule has 1 amide bonds. The second-order valence-corrected chi connectivity index (χ2v) is 4.12. The number of carbonyl (C=O) groups excluding carboxylic acids is 1. The molecule has 0 unspecified atom stereocenters. The molecule has 1 aliphatic carbocycles. The van der Waals surface area contributed by atoms with E-state index in [4.69, 9.17) is 5.84 Å². The predicted molar refractivity (Wildman–Crippen MR) is 63.7 cm³/mol. The van der Waals surface area contributed by atoms with Crippen LogP contribution in [0, 0.1) is 0 Å². The van der Waals surface area contributed by atoms with E-state index in [0.29, 0.717) is 18.8 Å². The van der Waals surface area contributed by atoms with Gasteiger partial charge in [0.1, 0.15) is 6.67 Å². The molecule has 0 spiro atoms. The standard InChI is InChI=1S/C10H21N5O/c1-15(7-12-6-14-11)10-4-2-9(3-5-10)13-8-16/h7-10,14H,2-6,11H2,1H3,(H,13,16). The SMILES string of the molecule is CN(C=NCNN)C1CCC(NC=O)CC1. The number of amides is 1. The molecular weight excluding hydrogens is 206 g/mol. The van der Waals surface area contributed by atoms with Gasteiger partial charge in [0.15, 0.2) is 0 Å². The first-order chi connectivity index (χ1) is 7.77. The lowest BCUT2D eigenvalue weighted by Crippen LogP contribution is -2.40. The van der Waals surface area contributed by atoms with E-state index in [2.05, 4.69) is 20.6 Å². The van der Waals surface area contributed by atoms with Gasteiger partial charge in [-0.25, -0.2) is 5.43 Å². The summed E-state index contributed by atoms with van der Waals surface area (Å²) in [5, 5.41) is 2.84. The van der Waals surface area contributed by atoms with Crippen LogP contribution in [0.1, 0.15) is 25.7 Å². The molecule has 92 valence electrons. The van der Waals surface area contributed by atoms with Crippen LogP contribution in [0.15, 0.2) is 4.99 Å². The quantitative estimate of drug-likeness (QED) is 0.186. The summed E-state index contributed by atoms with van der Waals surface area (Å²) in [7, 11) is 2.03. The first-order valence-corrected chi connectivity index (χ1v) is 5.63. The van der Waals surface area contributed by atoms with Gasteiger partial charge in [-0.2, -0.15) is 0 Å². The van der Waals surface area contributed by atoms with E-state index in [0.717, 1.165) is 32.1 Å². The fraction of sp³-hybridized carbons (Fsp3) is 0.800. The Balaban J connectivity index is 2.26. The zero-order chi connectivity index (χ0) is 11.8. The van der Waals surface area contributed by atoms with Crippen molar-refractivity contribution >= 4 is 12.7 Å². The number of aliphatic imine (C=N–C) groups is 1. The summed E-state index contributed by atoms with van der Waals surface area (Å²) in [4.78, 5) is 16.5. The van der Waals surface area contributed by atoms with E-state index in [1.165, 1.54) is 0 Å². The largest absolute Gasteiger partial charge is 0.363 e. The highest BCUT2D eigenvalue weighted by molar-refractivity contribution is 5.54. The summed E-state index contributed by atoms with van der Waals surface area (Å²) in [5.74, 6) is 5.12. The maximum Gasteiger partial charge on any atom is 0.207 e. The number of hydrogen-bond acceptors (Lipinski definition) is 4. The molecule has 0 atom stereocenters. The molecule has 0 aromatic rings. The topological polar surface area (TPSA) is 82.8 Å². The fourth-order valence-electron chi connectivity index (χ4n) is 2.06. The minimum atomic E-state index is 0.352. The molecule has 0 saturated heterocycles. The Kier molecular flexibility index (Phi) is 5.81. The van der Waals surface area contributed by atoms with E-state index in [1.54, 1.807) is 0 Å². The van der Waals surface area contributed by atoms with Crippen LogP contribution in [0.25, 0.3) is 0 Å². The normalized spacial score (nSPS) is 25.6. The van der Waals surface area contributed by atoms with Crippen molar-refractivity contribution in [1.29, 1.82) is 0 Å². The van der Waals surface area contributed by atoms with Crippen molar-refractivity contribution in [2.24, 2.45) is 10.8 Å². The van der Waals surface area contributed by atoms with Gasteiger partial charge in [-0.3, -0.25) is 15.6 Å². The second-order valence-electron chi connectivity index (χ2n) is 4.12. The van der Waals surface area contributed by atoms with Gasteiger partial charge in [-0.1, -0.05) is 0 Å². The van der Waals surface area contributed by atoms with Crippen LogP contribution in [0.3, 0.4) is 0 Å². The molecular formula is C10H21N5O. The van der Waals surface area contributed by atoms with Crippen LogP contribution in [-0.4, -0.2) is 43.4 Å². The Hall–Kier alpha value is -1.14. The Morgan fingerprint density at radius 3 is 2.69 bits per heavy atom. The fourth-order valence-corrected chi connectivity index (χ4v) is 2.06. The van der Waals surface area contributed by atoms with Crippen molar-refractivity contribution in [3.63, 3.8) is 0 Å². The monoisotopic (exact) mass is 227 g/mol. The molecule has 16 heavy (non-hydrogen) atoms. The molecule has 1 rings (SSSR count). The first-order valence-electron chi connectivity index (χ1n) is 5.63. The van der Waals surface area contributed by atoms with Crippen LogP contribution in [0.2, 0.25) is 0 Å². The van der Waals surface area contributed by atoms with E-state index in [9.17, 15) is 4.79 Å². The minimum absolute atomic E-state index is 0.352. The van der Waals surface area contributed by atoms with Gasteiger partial charge in [0.05, 0.1) is 6.34 Å². The van der Waals surface area contributed by atoms with Crippen molar-refractivity contribution in [2.45, 2.75) is 37.8 Å². The number of nitrogens with zero attached hydrogens (tertiary/aromatic N) is 2. The third kappa shape index (κ3) is 4.16. The lowest BCUT2D eigenvalue weighted by molar-refractivity contribution is -0.110. The molecule has 1 fully saturated rings. The lowest BCUT2D eigenvalue weighted by Gasteiger charge is -2.33. The average Bonchev–Trinajstić information content (AvgIpc) is 2.30. The first kappa shape index (κ1) is 12.9. The van der Waals surface area contributed by atoms with E-state index >= 15 is 0 Å². The lowest BCUT2D eigenvalue weighted by atomic mass is 9.91. The van der Waals surface area contributed by atoms with Gasteiger partial charge in [0.2, 0.25) is 6.41 Å². The zero-order valence-corrected chi connectivity index (χ0v) is 9.72. The van der Waals surface area contributed by atoms with Crippen LogP contribution in [0.4, 0.5) is 0 Å². The molecule has 6 heteroatoms. The highest BCUT2D eigenvalue weighted by atomic mass is 16.1. The Labute approximate surface area is 96.2 Å². The van der Waals surface area contributed by atoms with Crippen molar-refractivity contribution in [2.75, 3.05) is 13.7 Å². The molecule has 6 nitrogen and oxygen atoms in total. The summed E-state index contributed by atoms with van der Waals surface area (Å²) in [5.41, 5.74) is 2.48. The van der Waals surface area contributed by atoms with Crippen molar-refractivity contribution < 1.29 is 4.79 Å². The number of nitrogens with one attached hydrogen (secondary N) is 2. The Morgan fingerprint density at radius 2 is 2.12 bits per heavy atom. The van der Waals surface area contributed by atoms with Gasteiger partial charge in [-0.15, -0.1) is 0 Å². The Morgan fingerprint density at radius 1 is 1.44 bits per heavy atom. The Bertz CT molecular complexity index is 225. The van der Waals surface area contributed by atoms with Crippen molar-refractivity contribution in [1.82, 2.24) is 15.6 Å². The highest BCUT2D eigenvalue weighted by Gasteiger charge is 2.22. The summed E-state index contributed by atoms with van der Waals surface area (Å²) in [6.45, 7) is 0.437. The summed E-state index contributed by atoms with van der Waals surface area (Å²) < 4.78 is 0. The predicted octanol–water partition coefficient (Wildman–Crippen LogP) is -0.575. The number of rotatable bonds is 6. The van der Waals surface area contributed by atoms with Crippen LogP contribution in [-0.2, 0) is 4.79 Å². The van der Waals surface area contributed by atoms with E-state index in [1.807, 2.05) is 13.4 Å². The third-order valence-electron chi connectivity index (χ3n) is 3.02. The number of hydrazine groups is 1. The van der Waals surface area contributed by atoms with Crippen LogP contribution >= 0.6 is 0 Å². The molecule has 0 heterocycles. The summed E-state index contributed by atoms with van der Waals surface area (Å²) in [6.07, 6.45) is 6.86. The maximum absolute atomic E-state index is 10.3. The minimum Gasteiger partial charge on any atom is -0.363 e. The van der Waals surface area contributed by atoms with Gasteiger partial charge >= 0.3 is 0 Å². The van der Waals surface area contributed by atoms with Crippen molar-refractivity contribution in [3.05, 3.63) is 0 Å². The van der Waals surface area contributed by atoms with E-state index in [-0.39, 0.29) is 0 Å². The zero-order valence-electron chi connectivity index (χ0n) is 9.72. The summed E-state index contributed by atoms with van der Waals surface area (Å²) >= 11 is 0. The van der Waals surface area contributed by atoms with Gasteiger partial charge in [0.25, 0.3) is 0 Å². The smallest absolute Gasteiger partial charge is 0.207 e. The molecule has 0 aromatic carbocycles. The van der Waals surface area contributed by atoms with Gasteiger partial charge in [0, 0.05) is 19.1 Å². The van der Waals surface area contributed by atoms with Gasteiger partial charge in [-0.05, 0) is 25.7 Å². The van der Waals surface area contributed by atoms with Gasteiger partial charge < -0.3 is 10.2 Å².